The molecule has 0 bridgehead atoms. The van der Waals surface area contributed by atoms with Crippen molar-refractivity contribution in [3.63, 3.8) is 0 Å². The summed E-state index contributed by atoms with van der Waals surface area (Å²) in [5, 5.41) is -6.05. The normalized spacial score (nSPS) is 20.6. The van der Waals surface area contributed by atoms with E-state index in [0.717, 1.165) is 0 Å². The van der Waals surface area contributed by atoms with Crippen LogP contribution in [0.5, 0.6) is 0 Å². The summed E-state index contributed by atoms with van der Waals surface area (Å²) in [6, 6.07) is -30.2. The van der Waals surface area contributed by atoms with Gasteiger partial charge in [-0.25, -0.2) is 0 Å². The summed E-state index contributed by atoms with van der Waals surface area (Å²) < 4.78 is 270. The quantitative estimate of drug-likeness (QED) is 0.173. The second-order valence-corrected chi connectivity index (χ2v) is 9.75. The van der Waals surface area contributed by atoms with Gasteiger partial charge in [-0.1, -0.05) is 175 Å². The van der Waals surface area contributed by atoms with Gasteiger partial charge in [-0.3, -0.25) is 0 Å². The predicted molar refractivity (Wildman–Crippen MR) is 198 cm³/mol. The van der Waals surface area contributed by atoms with Crippen LogP contribution in [0.2, 0.25) is 0 Å². The maximum absolute atomic E-state index is 10.1. The van der Waals surface area contributed by atoms with Crippen LogP contribution >= 0.6 is 0 Å². The summed E-state index contributed by atoms with van der Waals surface area (Å²) in [6.45, 7) is 0. The first-order valence-corrected chi connectivity index (χ1v) is 13.5. The fraction of sp³-hybridized carbons (Fsp3) is 0. The third-order valence-electron chi connectivity index (χ3n) is 7.25. The van der Waals surface area contributed by atoms with Gasteiger partial charge in [-0.15, -0.1) is 0 Å². The highest BCUT2D eigenvalue weighted by atomic mass is 14.2. The van der Waals surface area contributed by atoms with Crippen molar-refractivity contribution < 1.29 is 41.1 Å². The van der Waals surface area contributed by atoms with E-state index in [9.17, 15) is 13.7 Å². The summed E-state index contributed by atoms with van der Waals surface area (Å²) in [5.74, 6) is 0. The van der Waals surface area contributed by atoms with Gasteiger partial charge in [0.1, 0.15) is 0 Å². The van der Waals surface area contributed by atoms with Gasteiger partial charge in [0.05, 0.1) is 41.1 Å². The van der Waals surface area contributed by atoms with Crippen LogP contribution in [-0.4, -0.2) is 0 Å². The van der Waals surface area contributed by atoms with Gasteiger partial charge >= 0.3 is 0 Å². The molecule has 0 radical (unpaired) electrons. The van der Waals surface area contributed by atoms with Crippen molar-refractivity contribution in [2.24, 2.45) is 0 Å². The van der Waals surface area contributed by atoms with Crippen LogP contribution in [0.15, 0.2) is 181 Å². The van der Waals surface area contributed by atoms with Crippen LogP contribution in [0.1, 0.15) is 41.1 Å². The number of rotatable bonds is 4. The molecule has 9 rings (SSSR count). The van der Waals surface area contributed by atoms with Crippen LogP contribution in [0.25, 0.3) is 87.6 Å². The summed E-state index contributed by atoms with van der Waals surface area (Å²) >= 11 is 0. The molecular formula is C46H30. The number of hydrogen-bond acceptors (Lipinski definition) is 0. The zero-order chi connectivity index (χ0) is 56.6. The van der Waals surface area contributed by atoms with Crippen LogP contribution in [0.4, 0.5) is 0 Å². The van der Waals surface area contributed by atoms with Gasteiger partial charge in [-0.2, -0.15) is 0 Å². The molecule has 0 heteroatoms. The minimum absolute atomic E-state index is 0.625. The first-order valence-electron chi connectivity index (χ1n) is 28.5. The minimum Gasteiger partial charge on any atom is -0.0622 e. The molecular weight excluding hydrogens is 553 g/mol. The average molecular weight is 613 g/mol. The Morgan fingerprint density at radius 3 is 1.30 bits per heavy atom. The van der Waals surface area contributed by atoms with E-state index in [1.807, 2.05) is 0 Å². The SMILES string of the molecule is [2H]c1c([2H])c([2H])c(-c2c3c([2H])c([2H])c([2H])c([2H])c3c(-c3c([2H])c([2H])c(-c4c([2H])c([2H])c([2H])c5c([2H])c([2H])c([2H])c([2H])c45)c([2H])c3[2H])c3c([2H])c(-c4c([2H])c([2H])c([2H])c5c([2H])c([2H])c([2H])c([2H])c45)c([2H])c([2H])c23)c([2H])c1[2H]. The molecule has 0 saturated carbocycles. The molecule has 0 saturated heterocycles. The van der Waals surface area contributed by atoms with Crippen molar-refractivity contribution in [3.05, 3.63) is 181 Å². The van der Waals surface area contributed by atoms with Gasteiger partial charge in [-0.05, 0) is 93.6 Å². The molecule has 0 aliphatic carbocycles. The highest BCUT2D eigenvalue weighted by molar-refractivity contribution is 6.22. The summed E-state index contributed by atoms with van der Waals surface area (Å²) in [7, 11) is 0. The summed E-state index contributed by atoms with van der Waals surface area (Å²) in [4.78, 5) is 0. The lowest BCUT2D eigenvalue weighted by Gasteiger charge is -2.19. The fourth-order valence-corrected chi connectivity index (χ4v) is 5.28. The predicted octanol–water partition coefficient (Wildman–Crippen LogP) is 13.0. The molecule has 0 fully saturated rings. The van der Waals surface area contributed by atoms with E-state index in [-0.39, 0.29) is 0 Å². The zero-order valence-electron chi connectivity index (χ0n) is 53.0. The van der Waals surface area contributed by atoms with E-state index in [4.69, 9.17) is 27.4 Å². The Morgan fingerprint density at radius 1 is 0.261 bits per heavy atom. The van der Waals surface area contributed by atoms with E-state index in [0.29, 0.717) is 0 Å². The van der Waals surface area contributed by atoms with Crippen molar-refractivity contribution in [2.45, 2.75) is 0 Å². The number of benzene rings is 9. The molecule has 0 heterocycles. The Labute approximate surface area is 311 Å². The largest absolute Gasteiger partial charge is 0.0636 e. The second-order valence-electron chi connectivity index (χ2n) is 9.75. The Kier molecular flexibility index (Phi) is 2.37. The Morgan fingerprint density at radius 2 is 0.674 bits per heavy atom. The molecule has 0 aliphatic rings. The van der Waals surface area contributed by atoms with Crippen LogP contribution in [0, 0.1) is 0 Å². The van der Waals surface area contributed by atoms with Crippen molar-refractivity contribution in [2.75, 3.05) is 0 Å². The molecule has 0 nitrogen and oxygen atoms in total. The first kappa shape index (κ1) is 10.0. The lowest BCUT2D eigenvalue weighted by Crippen LogP contribution is -1.92. The van der Waals surface area contributed by atoms with Crippen molar-refractivity contribution in [1.29, 1.82) is 0 Å². The minimum atomic E-state index is -1.19. The lowest BCUT2D eigenvalue weighted by molar-refractivity contribution is 1.63. The first-order chi connectivity index (χ1) is 35.3. The smallest absolute Gasteiger partial charge is 0.0622 e. The van der Waals surface area contributed by atoms with Gasteiger partial charge in [0.15, 0.2) is 0 Å². The van der Waals surface area contributed by atoms with E-state index in [1.54, 1.807) is 0 Å². The molecule has 0 atom stereocenters. The van der Waals surface area contributed by atoms with Crippen molar-refractivity contribution in [3.8, 4) is 44.5 Å². The molecule has 0 N–H and O–H groups in total. The lowest BCUT2D eigenvalue weighted by atomic mass is 9.84. The number of fused-ring (bicyclic) bond motifs is 4. The Balaban J connectivity index is 1.65. The highest BCUT2D eigenvalue weighted by Crippen LogP contribution is 2.45. The fourth-order valence-electron chi connectivity index (χ4n) is 5.28. The third kappa shape index (κ3) is 4.30. The average Bonchev–Trinajstić information content (AvgIpc) is 3.40. The molecule has 0 unspecified atom stereocenters. The van der Waals surface area contributed by atoms with Crippen molar-refractivity contribution >= 4 is 43.1 Å². The topological polar surface area (TPSA) is 0 Å². The van der Waals surface area contributed by atoms with Gasteiger partial charge in [0.25, 0.3) is 0 Å². The second kappa shape index (κ2) is 10.9. The Bertz CT molecular complexity index is 4200. The Hall–Kier alpha value is -5.98. The van der Waals surface area contributed by atoms with Crippen LogP contribution in [0.3, 0.4) is 0 Å². The van der Waals surface area contributed by atoms with Gasteiger partial charge in [0, 0.05) is 0 Å². The molecule has 0 spiro atoms. The maximum atomic E-state index is 10.1. The molecule has 46 heavy (non-hydrogen) atoms. The number of hydrogen-bond donors (Lipinski definition) is 0. The zero-order valence-corrected chi connectivity index (χ0v) is 23.0. The van der Waals surface area contributed by atoms with Gasteiger partial charge < -0.3 is 0 Å². The highest BCUT2D eigenvalue weighted by Gasteiger charge is 2.18. The van der Waals surface area contributed by atoms with Crippen LogP contribution in [-0.2, 0) is 0 Å². The maximum Gasteiger partial charge on any atom is 0.0636 e. The van der Waals surface area contributed by atoms with E-state index in [2.05, 4.69) is 0 Å². The molecule has 9 aromatic rings. The molecule has 0 amide bonds. The van der Waals surface area contributed by atoms with E-state index >= 15 is 0 Å². The monoisotopic (exact) mass is 612 g/mol. The standard InChI is InChI=1S/C46H30/c1-2-14-34(15-3-1)45-41-20-8-9-21-42(41)46(35-26-24-33(25-27-35)39-22-10-16-31-12-4-6-18-37(31)39)44-30-36(28-29-43(44)45)40-23-11-17-32-13-5-7-19-38(32)40/h1-30H/i1D,2D,3D,4D,5D,6D,7D,8D,9D,10D,11D,12D,13D,14D,15D,16D,17D,18D,19D,20D,21D,22D,23D,24D,25D,26D,27D,28D,29D,30D. The molecule has 0 aliphatic heterocycles. The van der Waals surface area contributed by atoms with E-state index in [1.165, 1.54) is 0 Å². The molecule has 0 aromatic heterocycles. The van der Waals surface area contributed by atoms with Crippen molar-refractivity contribution in [1.82, 2.24) is 0 Å². The molecule has 9 aromatic carbocycles. The van der Waals surface area contributed by atoms with Gasteiger partial charge in [0.2, 0.25) is 0 Å². The van der Waals surface area contributed by atoms with E-state index < -0.39 is 269 Å². The summed E-state index contributed by atoms with van der Waals surface area (Å²) in [6.07, 6.45) is 0. The summed E-state index contributed by atoms with van der Waals surface area (Å²) in [5.41, 5.74) is -6.93. The third-order valence-corrected chi connectivity index (χ3v) is 7.25. The van der Waals surface area contributed by atoms with Crippen LogP contribution < -0.4 is 0 Å². The molecule has 214 valence electrons.